The first-order valence-electron chi connectivity index (χ1n) is 46.1. The topological polar surface area (TPSA) is 719 Å². The molecule has 0 saturated carbocycles. The number of nitrogens with one attached hydrogen (secondary N) is 2. The number of hydrogen-bond acceptors (Lipinski definition) is 31. The van der Waals surface area contributed by atoms with Gasteiger partial charge in [0, 0.05) is 159 Å². The van der Waals surface area contributed by atoms with E-state index in [1.165, 1.54) is 40.9 Å². The van der Waals surface area contributed by atoms with E-state index in [0.717, 1.165) is 145 Å². The minimum absolute atomic E-state index is 0.0498. The van der Waals surface area contributed by atoms with Gasteiger partial charge >= 0.3 is 0 Å². The second kappa shape index (κ2) is 46.3. The highest BCUT2D eigenvalue weighted by Crippen LogP contribution is 2.30. The lowest BCUT2D eigenvalue weighted by Crippen LogP contribution is -2.32. The largest absolute Gasteiger partial charge is 0.391 e. The molecule has 15 heterocycles. The maximum absolute atomic E-state index is 12.3. The van der Waals surface area contributed by atoms with E-state index in [0.29, 0.717) is 90.5 Å². The number of aromatic nitrogens is 20. The first-order chi connectivity index (χ1) is 66.0. The molecule has 5 aliphatic rings. The number of nitrogens with two attached hydrogens (primary N) is 16. The Morgan fingerprint density at radius 3 is 0.993 bits per heavy atom. The van der Waals surface area contributed by atoms with Gasteiger partial charge in [-0.25, -0.2) is 46.8 Å². The number of para-hydroxylation sites is 3. The fourth-order valence-corrected chi connectivity index (χ4v) is 17.2. The smallest absolute Gasteiger partial charge is 0.297 e. The molecule has 1 unspecified atom stereocenters. The van der Waals surface area contributed by atoms with Crippen molar-refractivity contribution < 1.29 is 0 Å². The third kappa shape index (κ3) is 21.5. The van der Waals surface area contributed by atoms with Crippen molar-refractivity contribution in [2.75, 3.05) is 166 Å². The number of nitrogen functional groups attached to an aromatic ring is 16. The fourth-order valence-electron chi connectivity index (χ4n) is 17.2. The van der Waals surface area contributed by atoms with Crippen molar-refractivity contribution in [1.82, 2.24) is 98.5 Å². The number of benzene rings is 3. The van der Waals surface area contributed by atoms with Crippen LogP contribution in [0.25, 0.3) is 17.1 Å². The molecule has 51 heteroatoms. The average Bonchev–Trinajstić information content (AvgIpc) is 1.63. The van der Waals surface area contributed by atoms with Gasteiger partial charge in [-0.05, 0) is 144 Å². The number of anilines is 20. The first kappa shape index (κ1) is 106. The molecular weight excluding hydrogens is 1790 g/mol. The summed E-state index contributed by atoms with van der Waals surface area (Å²) in [6, 6.07) is 28.5. The summed E-state index contributed by atoms with van der Waals surface area (Å²) in [4.78, 5) is 122. The van der Waals surface area contributed by atoms with E-state index < -0.39 is 0 Å². The van der Waals surface area contributed by atoms with Crippen LogP contribution >= 0.6 is 0 Å². The predicted molar refractivity (Wildman–Crippen MR) is 558 cm³/mol. The number of likely N-dealkylation sites (N-methyl/N-ethyl adjacent to an activating group) is 1. The van der Waals surface area contributed by atoms with E-state index >= 15 is 0 Å². The molecular formula is C88H143N41O10. The van der Waals surface area contributed by atoms with Gasteiger partial charge in [0.25, 0.3) is 55.6 Å². The second-order valence-electron chi connectivity index (χ2n) is 33.0. The van der Waals surface area contributed by atoms with Crippen LogP contribution in [0, 0.1) is 0 Å². The Hall–Kier alpha value is -16.3. The van der Waals surface area contributed by atoms with E-state index in [1.54, 1.807) is 82.1 Å². The SMILES string of the molecule is CCNc1c(N)c(=O)n2n1CCC2.CCn1c(N)c(N)c(=O)n1C.CCn1c(N)c(N)c(=O)n1CC.CCn1c(N2CCC(N(C)C)C2)c(N)c(=O)n1CC.CCn1c(N2CCCC2)c(N)c(=O)n1CC.CNc1c(N)c(=O)n2n1CCC2.Cn1c(=O)c(N)c(N)n1-c1ccccc1.Cn1c(N)c(N)c(=O)n1C.Nc1c(N)n(-c2ccccc2)n(-c2ccccc2)c1=O.Nc1c(N)n2n(c1=O)CCC2. The fraction of sp³-hybridized carbons (Fsp3) is 0.455. The Morgan fingerprint density at radius 1 is 0.288 bits per heavy atom. The molecule has 2 saturated heterocycles. The Morgan fingerprint density at radius 2 is 0.626 bits per heavy atom. The maximum Gasteiger partial charge on any atom is 0.297 e. The lowest BCUT2D eigenvalue weighted by Gasteiger charge is -2.23. The highest BCUT2D eigenvalue weighted by molar-refractivity contribution is 5.68. The molecule has 0 bridgehead atoms. The van der Waals surface area contributed by atoms with E-state index in [9.17, 15) is 47.9 Å². The van der Waals surface area contributed by atoms with Gasteiger partial charge in [0.15, 0.2) is 23.3 Å². The van der Waals surface area contributed by atoms with E-state index in [-0.39, 0.29) is 101 Å². The molecule has 0 spiro atoms. The lowest BCUT2D eigenvalue weighted by atomic mass is 10.2. The van der Waals surface area contributed by atoms with Crippen molar-refractivity contribution >= 4 is 115 Å². The predicted octanol–water partition coefficient (Wildman–Crippen LogP) is 0.493. The maximum atomic E-state index is 12.3. The normalized spacial score (nSPS) is 13.5. The Labute approximate surface area is 800 Å². The summed E-state index contributed by atoms with van der Waals surface area (Å²) in [5.74, 6) is 5.30. The number of nitrogens with zero attached hydrogens (tertiary/aromatic N) is 23. The second-order valence-corrected chi connectivity index (χ2v) is 33.0. The zero-order valence-electron chi connectivity index (χ0n) is 82.3. The van der Waals surface area contributed by atoms with Crippen LogP contribution in [-0.4, -0.2) is 158 Å². The van der Waals surface area contributed by atoms with E-state index in [2.05, 4.69) is 39.4 Å². The van der Waals surface area contributed by atoms with Gasteiger partial charge in [0.1, 0.15) is 91.8 Å². The van der Waals surface area contributed by atoms with Gasteiger partial charge in [-0.3, -0.25) is 94.8 Å². The third-order valence-corrected chi connectivity index (χ3v) is 24.6. The van der Waals surface area contributed by atoms with Gasteiger partial charge in [-0.15, -0.1) is 0 Å². The van der Waals surface area contributed by atoms with Gasteiger partial charge in [0.2, 0.25) is 0 Å². The molecule has 2 fully saturated rings. The molecule has 1 atom stereocenters. The molecule has 139 heavy (non-hydrogen) atoms. The summed E-state index contributed by atoms with van der Waals surface area (Å²) in [6.07, 6.45) is 6.50. The van der Waals surface area contributed by atoms with Crippen LogP contribution in [0.4, 0.5) is 115 Å². The van der Waals surface area contributed by atoms with Crippen LogP contribution in [0.5, 0.6) is 0 Å². The quantitative estimate of drug-likeness (QED) is 0.0626. The van der Waals surface area contributed by atoms with Crippen LogP contribution in [0.2, 0.25) is 0 Å². The lowest BCUT2D eigenvalue weighted by molar-refractivity contribution is 0.315. The van der Waals surface area contributed by atoms with E-state index in [1.807, 2.05) is 165 Å². The minimum atomic E-state index is -0.322. The molecule has 34 N–H and O–H groups in total. The van der Waals surface area contributed by atoms with Gasteiger partial charge in [-0.2, -0.15) is 0 Å². The first-order valence-corrected chi connectivity index (χ1v) is 46.1. The summed E-state index contributed by atoms with van der Waals surface area (Å²) in [5, 5.41) is 6.05. The zero-order valence-corrected chi connectivity index (χ0v) is 82.3. The van der Waals surface area contributed by atoms with Crippen molar-refractivity contribution in [2.24, 2.45) is 28.2 Å². The molecule has 10 aromatic heterocycles. The highest BCUT2D eigenvalue weighted by atomic mass is 16.2. The van der Waals surface area contributed by atoms with Crippen LogP contribution in [0.15, 0.2) is 139 Å². The molecule has 13 aromatic rings. The standard InChI is InChI=1S/C15H14N4O.C13H25N5O.C11H20N4O.C10H12N4O.C8H14N4O.C7H12N4O.C7H14N4O.C6H10N4O.C6H12N4O.C5H10N4O/c16-13-14(17)18(11-7-3-1-4-8-11)19(15(13)20)12-9-5-2-6-10-12;1-5-17-12(11(14)13(19)18(17)6-2)16-8-7-10(9-16)15(3)4;1-3-14-10(13-7-5-6-8-13)9(12)11(16)15(14)4-2;1-13-10(15)8(11)9(12)14(13)7-5-3-2-4-6-7;1-2-10-7-6(9)8(13)12-5-3-4-11(7)12;1-9-6-5(8)7(12)11-4-2-3-10(6)11;1-3-10-6(9)5(8)7(12)11(10)4-2;7-4-5(8)9-2-1-3-10(9)6(4)11;1-3-10-5(8)4(7)6(11)9(10)2;1-8-4(7)3(6)5(10)9(8)2/h1-10H,16-17H2;10H,5-9,14H2,1-4H3;3-8,12H2,1-2H3;2-6H,11-12H2,1H3;10H,2-5,9H2,1H3;9H,2-4,8H2,1H3;3-4,8-9H2,1-2H3;1-3,7-8H2;3,7-8H2,1-2H3;6-7H2,1-2H3. The summed E-state index contributed by atoms with van der Waals surface area (Å²) < 4.78 is 33.2. The number of hydrogen-bond donors (Lipinski definition) is 18. The van der Waals surface area contributed by atoms with Gasteiger partial charge in [0.05, 0.1) is 17.1 Å². The van der Waals surface area contributed by atoms with Crippen LogP contribution in [0.3, 0.4) is 0 Å². The molecule has 0 amide bonds. The third-order valence-electron chi connectivity index (χ3n) is 24.6. The van der Waals surface area contributed by atoms with Gasteiger partial charge < -0.3 is 117 Å². The van der Waals surface area contributed by atoms with Crippen molar-refractivity contribution in [2.45, 2.75) is 185 Å². The molecule has 5 aliphatic heterocycles. The Kier molecular flexibility index (Phi) is 35.4. The Bertz CT molecular complexity index is 6990. The molecule has 51 nitrogen and oxygen atoms in total. The number of rotatable bonds is 16. The van der Waals surface area contributed by atoms with Crippen molar-refractivity contribution in [3.63, 3.8) is 0 Å². The van der Waals surface area contributed by atoms with E-state index in [4.69, 9.17) is 91.7 Å². The van der Waals surface area contributed by atoms with Crippen molar-refractivity contribution in [1.29, 1.82) is 0 Å². The summed E-state index contributed by atoms with van der Waals surface area (Å²) >= 11 is 0. The molecule has 0 radical (unpaired) electrons. The Balaban J connectivity index is 0.000000174. The average molecular weight is 1940 g/mol. The van der Waals surface area contributed by atoms with Crippen LogP contribution in [-0.2, 0) is 113 Å². The summed E-state index contributed by atoms with van der Waals surface area (Å²) in [5.41, 5.74) is 93.0. The molecule has 760 valence electrons. The molecule has 0 aliphatic carbocycles. The monoisotopic (exact) mass is 1930 g/mol. The highest BCUT2D eigenvalue weighted by Gasteiger charge is 2.32. The van der Waals surface area contributed by atoms with Crippen LogP contribution in [0.1, 0.15) is 93.9 Å². The van der Waals surface area contributed by atoms with Crippen molar-refractivity contribution in [3.05, 3.63) is 195 Å². The van der Waals surface area contributed by atoms with Crippen LogP contribution < -0.4 is 168 Å². The van der Waals surface area contributed by atoms with Gasteiger partial charge in [-0.1, -0.05) is 54.6 Å². The molecule has 3 aromatic carbocycles. The van der Waals surface area contributed by atoms with Crippen molar-refractivity contribution in [3.8, 4) is 17.1 Å². The minimum Gasteiger partial charge on any atom is -0.391 e. The summed E-state index contributed by atoms with van der Waals surface area (Å²) in [6.45, 7) is 30.1. The molecule has 18 rings (SSSR count). The number of fused-ring (bicyclic) bond motifs is 3. The zero-order chi connectivity index (χ0) is 103. The summed E-state index contributed by atoms with van der Waals surface area (Å²) in [7, 11) is 12.5.